The molecule has 1 radical (unpaired) electrons. The van der Waals surface area contributed by atoms with Crippen molar-refractivity contribution in [3.8, 4) is 0 Å². The van der Waals surface area contributed by atoms with E-state index in [0.29, 0.717) is 11.4 Å². The SMILES string of the molecule is O=[C]C(Cc1ccc(Cl)cc1)C(=O)Cc1ccc2ccccc2c1. The summed E-state index contributed by atoms with van der Waals surface area (Å²) in [4.78, 5) is 23.7. The molecule has 3 aromatic carbocycles. The molecule has 3 heteroatoms. The molecule has 1 unspecified atom stereocenters. The molecule has 0 N–H and O–H groups in total. The molecule has 0 aliphatic heterocycles. The molecule has 0 heterocycles. The molecule has 24 heavy (non-hydrogen) atoms. The molecule has 0 saturated carbocycles. The number of Topliss-reactive ketones (excluding diaryl/α,β-unsaturated/α-hetero) is 1. The fourth-order valence-electron chi connectivity index (χ4n) is 2.75. The van der Waals surface area contributed by atoms with E-state index in [1.807, 2.05) is 60.9 Å². The average molecular weight is 336 g/mol. The summed E-state index contributed by atoms with van der Waals surface area (Å²) in [6.07, 6.45) is 2.48. The van der Waals surface area contributed by atoms with E-state index in [0.717, 1.165) is 21.9 Å². The summed E-state index contributed by atoms with van der Waals surface area (Å²) in [6.45, 7) is 0. The molecule has 1 atom stereocenters. The van der Waals surface area contributed by atoms with Gasteiger partial charge in [0.2, 0.25) is 6.29 Å². The molecule has 0 amide bonds. The van der Waals surface area contributed by atoms with Gasteiger partial charge in [-0.25, -0.2) is 0 Å². The third-order valence-corrected chi connectivity index (χ3v) is 4.33. The molecular weight excluding hydrogens is 320 g/mol. The molecule has 0 aliphatic carbocycles. The van der Waals surface area contributed by atoms with Crippen LogP contribution in [0.1, 0.15) is 11.1 Å². The van der Waals surface area contributed by atoms with Gasteiger partial charge < -0.3 is 0 Å². The molecule has 119 valence electrons. The predicted octanol–water partition coefficient (Wildman–Crippen LogP) is 4.57. The normalized spacial score (nSPS) is 12.0. The van der Waals surface area contributed by atoms with Gasteiger partial charge in [0.05, 0.1) is 5.92 Å². The van der Waals surface area contributed by atoms with E-state index in [9.17, 15) is 9.59 Å². The summed E-state index contributed by atoms with van der Waals surface area (Å²) in [5.41, 5.74) is 1.81. The van der Waals surface area contributed by atoms with Crippen molar-refractivity contribution in [2.75, 3.05) is 0 Å². The number of carbonyl (C=O) groups is 1. The van der Waals surface area contributed by atoms with Crippen LogP contribution in [-0.4, -0.2) is 12.1 Å². The summed E-state index contributed by atoms with van der Waals surface area (Å²) in [5, 5.41) is 2.85. The number of hydrogen-bond donors (Lipinski definition) is 0. The van der Waals surface area contributed by atoms with Crippen molar-refractivity contribution in [2.24, 2.45) is 5.92 Å². The van der Waals surface area contributed by atoms with Crippen LogP contribution in [0, 0.1) is 5.92 Å². The highest BCUT2D eigenvalue weighted by atomic mass is 35.5. The number of carbonyl (C=O) groups excluding carboxylic acids is 2. The number of benzene rings is 3. The van der Waals surface area contributed by atoms with Gasteiger partial charge in [-0.2, -0.15) is 0 Å². The first-order valence-electron chi connectivity index (χ1n) is 7.78. The van der Waals surface area contributed by atoms with E-state index in [2.05, 4.69) is 0 Å². The van der Waals surface area contributed by atoms with Crippen LogP contribution in [-0.2, 0) is 22.4 Å². The second-order valence-corrected chi connectivity index (χ2v) is 6.26. The highest BCUT2D eigenvalue weighted by Crippen LogP contribution is 2.18. The molecule has 0 saturated heterocycles. The molecular formula is C21H16ClO2. The standard InChI is InChI=1S/C21H16ClO2/c22-20-9-6-15(7-10-20)11-19(14-23)21(24)13-16-5-8-17-3-1-2-4-18(17)12-16/h1-10,12,19H,11,13H2. The van der Waals surface area contributed by atoms with Gasteiger partial charge in [-0.05, 0) is 40.5 Å². The molecule has 0 aliphatic rings. The van der Waals surface area contributed by atoms with Crippen LogP contribution < -0.4 is 0 Å². The van der Waals surface area contributed by atoms with Gasteiger partial charge in [-0.15, -0.1) is 0 Å². The second kappa shape index (κ2) is 7.41. The van der Waals surface area contributed by atoms with Crippen molar-refractivity contribution in [1.29, 1.82) is 0 Å². The van der Waals surface area contributed by atoms with Gasteiger partial charge >= 0.3 is 0 Å². The maximum atomic E-state index is 12.5. The first-order valence-corrected chi connectivity index (χ1v) is 8.16. The topological polar surface area (TPSA) is 34.1 Å². The molecule has 0 aromatic heterocycles. The smallest absolute Gasteiger partial charge is 0.209 e. The molecule has 3 rings (SSSR count). The van der Waals surface area contributed by atoms with E-state index in [-0.39, 0.29) is 12.2 Å². The van der Waals surface area contributed by atoms with Crippen LogP contribution in [0.15, 0.2) is 66.7 Å². The maximum Gasteiger partial charge on any atom is 0.209 e. The van der Waals surface area contributed by atoms with Crippen LogP contribution in [0.3, 0.4) is 0 Å². The Kier molecular flexibility index (Phi) is 5.07. The van der Waals surface area contributed by atoms with Crippen LogP contribution in [0.25, 0.3) is 10.8 Å². The summed E-state index contributed by atoms with van der Waals surface area (Å²) in [5.74, 6) is -0.868. The molecule has 0 fully saturated rings. The first kappa shape index (κ1) is 16.4. The summed E-state index contributed by atoms with van der Waals surface area (Å²) in [7, 11) is 0. The lowest BCUT2D eigenvalue weighted by Gasteiger charge is -2.10. The van der Waals surface area contributed by atoms with Gasteiger partial charge in [0.15, 0.2) is 0 Å². The minimum atomic E-state index is -0.752. The van der Waals surface area contributed by atoms with E-state index >= 15 is 0 Å². The Morgan fingerprint density at radius 1 is 0.917 bits per heavy atom. The highest BCUT2D eigenvalue weighted by molar-refractivity contribution is 6.30. The van der Waals surface area contributed by atoms with Crippen LogP contribution >= 0.6 is 11.6 Å². The Labute approximate surface area is 146 Å². The van der Waals surface area contributed by atoms with Crippen molar-refractivity contribution in [3.05, 3.63) is 82.9 Å². The van der Waals surface area contributed by atoms with Crippen LogP contribution in [0.4, 0.5) is 0 Å². The summed E-state index contributed by atoms with van der Waals surface area (Å²) < 4.78 is 0. The quantitative estimate of drug-likeness (QED) is 0.618. The van der Waals surface area contributed by atoms with E-state index in [4.69, 9.17) is 11.6 Å². The Morgan fingerprint density at radius 3 is 2.29 bits per heavy atom. The largest absolute Gasteiger partial charge is 0.299 e. The first-order chi connectivity index (χ1) is 11.7. The molecule has 0 bridgehead atoms. The van der Waals surface area contributed by atoms with E-state index in [1.165, 1.54) is 0 Å². The number of rotatable bonds is 6. The highest BCUT2D eigenvalue weighted by Gasteiger charge is 2.19. The minimum Gasteiger partial charge on any atom is -0.299 e. The van der Waals surface area contributed by atoms with Crippen LogP contribution in [0.5, 0.6) is 0 Å². The molecule has 0 spiro atoms. The lowest BCUT2D eigenvalue weighted by molar-refractivity contribution is -0.120. The number of ketones is 1. The molecule has 2 nitrogen and oxygen atoms in total. The van der Waals surface area contributed by atoms with Gasteiger partial charge in [0, 0.05) is 11.4 Å². The lowest BCUT2D eigenvalue weighted by Crippen LogP contribution is -2.20. The number of halogens is 1. The van der Waals surface area contributed by atoms with E-state index < -0.39 is 5.92 Å². The Balaban J connectivity index is 1.73. The fourth-order valence-corrected chi connectivity index (χ4v) is 2.88. The predicted molar refractivity (Wildman–Crippen MR) is 97.0 cm³/mol. The monoisotopic (exact) mass is 335 g/mol. The average Bonchev–Trinajstić information content (AvgIpc) is 2.61. The van der Waals surface area contributed by atoms with Crippen molar-refractivity contribution in [1.82, 2.24) is 0 Å². The van der Waals surface area contributed by atoms with Gasteiger partial charge in [0.1, 0.15) is 5.78 Å². The zero-order valence-corrected chi connectivity index (χ0v) is 13.8. The zero-order valence-electron chi connectivity index (χ0n) is 13.0. The Morgan fingerprint density at radius 2 is 1.58 bits per heavy atom. The maximum absolute atomic E-state index is 12.5. The zero-order chi connectivity index (χ0) is 16.9. The second-order valence-electron chi connectivity index (χ2n) is 5.83. The van der Waals surface area contributed by atoms with E-state index in [1.54, 1.807) is 12.1 Å². The van der Waals surface area contributed by atoms with Crippen molar-refractivity contribution >= 4 is 34.4 Å². The Bertz CT molecular complexity index is 868. The number of hydrogen-bond acceptors (Lipinski definition) is 2. The summed E-state index contributed by atoms with van der Waals surface area (Å²) in [6, 6.07) is 21.1. The van der Waals surface area contributed by atoms with Crippen molar-refractivity contribution in [2.45, 2.75) is 12.8 Å². The van der Waals surface area contributed by atoms with Gasteiger partial charge in [-0.3, -0.25) is 9.59 Å². The fraction of sp³-hybridized carbons (Fsp3) is 0.143. The molecule has 3 aromatic rings. The summed E-state index contributed by atoms with van der Waals surface area (Å²) >= 11 is 5.86. The lowest BCUT2D eigenvalue weighted by atomic mass is 9.92. The van der Waals surface area contributed by atoms with Crippen LogP contribution in [0.2, 0.25) is 5.02 Å². The van der Waals surface area contributed by atoms with Gasteiger partial charge in [-0.1, -0.05) is 66.2 Å². The third-order valence-electron chi connectivity index (χ3n) is 4.08. The Hall–Kier alpha value is -2.45. The van der Waals surface area contributed by atoms with Crippen molar-refractivity contribution in [3.63, 3.8) is 0 Å². The minimum absolute atomic E-state index is 0.116. The number of fused-ring (bicyclic) bond motifs is 1. The van der Waals surface area contributed by atoms with Gasteiger partial charge in [0.25, 0.3) is 0 Å². The van der Waals surface area contributed by atoms with Crippen molar-refractivity contribution < 1.29 is 9.59 Å². The third kappa shape index (κ3) is 3.90.